The van der Waals surface area contributed by atoms with Crippen LogP contribution in [-0.4, -0.2) is 24.6 Å². The Bertz CT molecular complexity index is 498. The van der Waals surface area contributed by atoms with Gasteiger partial charge in [0.1, 0.15) is 0 Å². The number of carbonyl (C=O) groups is 2. The largest absolute Gasteiger partial charge is 0.460 e. The van der Waals surface area contributed by atoms with Crippen molar-refractivity contribution in [1.29, 1.82) is 0 Å². The van der Waals surface area contributed by atoms with E-state index >= 15 is 0 Å². The highest BCUT2D eigenvalue weighted by atomic mass is 32.2. The number of hydrogen-bond acceptors (Lipinski definition) is 4. The number of rotatable bonds is 5. The van der Waals surface area contributed by atoms with Crippen LogP contribution in [0.4, 0.5) is 0 Å². The molecule has 1 aliphatic carbocycles. The Morgan fingerprint density at radius 2 is 2.05 bits per heavy atom. The maximum absolute atomic E-state index is 12.2. The third kappa shape index (κ3) is 3.06. The molecule has 2 rings (SSSR count). The molecule has 0 spiro atoms. The highest BCUT2D eigenvalue weighted by molar-refractivity contribution is 7.98. The van der Waals surface area contributed by atoms with Crippen LogP contribution in [0.5, 0.6) is 0 Å². The minimum Gasteiger partial charge on any atom is -0.460 e. The Morgan fingerprint density at radius 1 is 1.30 bits per heavy atom. The maximum atomic E-state index is 12.2. The van der Waals surface area contributed by atoms with Gasteiger partial charge in [-0.25, -0.2) is 4.79 Å². The van der Waals surface area contributed by atoms with Crippen molar-refractivity contribution in [3.63, 3.8) is 0 Å². The summed E-state index contributed by atoms with van der Waals surface area (Å²) >= 11 is 1.69. The molecular weight excluding hydrogens is 272 g/mol. The molecule has 1 saturated carbocycles. The number of esters is 1. The zero-order chi connectivity index (χ0) is 14.5. The van der Waals surface area contributed by atoms with E-state index in [-0.39, 0.29) is 24.2 Å². The Morgan fingerprint density at radius 3 is 2.75 bits per heavy atom. The van der Waals surface area contributed by atoms with Crippen molar-refractivity contribution in [3.8, 4) is 0 Å². The molecule has 1 aromatic carbocycles. The molecule has 0 bridgehead atoms. The SMILES string of the molecule is CCOC(=O)C(=O)C1CCC[C@@H]1c1ccccc1SC. The van der Waals surface area contributed by atoms with E-state index < -0.39 is 5.97 Å². The van der Waals surface area contributed by atoms with Crippen LogP contribution in [0.3, 0.4) is 0 Å². The van der Waals surface area contributed by atoms with Gasteiger partial charge in [0.15, 0.2) is 0 Å². The van der Waals surface area contributed by atoms with Gasteiger partial charge in [-0.2, -0.15) is 0 Å². The molecule has 108 valence electrons. The first-order chi connectivity index (χ1) is 9.69. The average molecular weight is 292 g/mol. The molecule has 0 radical (unpaired) electrons. The van der Waals surface area contributed by atoms with Crippen molar-refractivity contribution in [3.05, 3.63) is 29.8 Å². The van der Waals surface area contributed by atoms with Gasteiger partial charge in [0.25, 0.3) is 0 Å². The first-order valence-corrected chi connectivity index (χ1v) is 8.25. The van der Waals surface area contributed by atoms with Gasteiger partial charge in [0.05, 0.1) is 6.61 Å². The number of Topliss-reactive ketones (excluding diaryl/α,β-unsaturated/α-hetero) is 1. The zero-order valence-corrected chi connectivity index (χ0v) is 12.7. The van der Waals surface area contributed by atoms with Crippen molar-refractivity contribution in [2.45, 2.75) is 37.0 Å². The lowest BCUT2D eigenvalue weighted by atomic mass is 9.86. The molecule has 0 heterocycles. The van der Waals surface area contributed by atoms with Gasteiger partial charge < -0.3 is 4.74 Å². The highest BCUT2D eigenvalue weighted by Gasteiger charge is 2.38. The first-order valence-electron chi connectivity index (χ1n) is 7.03. The second kappa shape index (κ2) is 6.93. The lowest BCUT2D eigenvalue weighted by Gasteiger charge is -2.20. The molecule has 0 N–H and O–H groups in total. The van der Waals surface area contributed by atoms with E-state index in [0.29, 0.717) is 0 Å². The van der Waals surface area contributed by atoms with Crippen LogP contribution in [0.25, 0.3) is 0 Å². The predicted octanol–water partition coefficient (Wildman–Crippen LogP) is 3.42. The minimum absolute atomic E-state index is 0.149. The summed E-state index contributed by atoms with van der Waals surface area (Å²) in [4.78, 5) is 25.1. The van der Waals surface area contributed by atoms with Crippen molar-refractivity contribution in [2.24, 2.45) is 5.92 Å². The van der Waals surface area contributed by atoms with E-state index in [4.69, 9.17) is 4.74 Å². The van der Waals surface area contributed by atoms with E-state index in [1.807, 2.05) is 18.4 Å². The van der Waals surface area contributed by atoms with Crippen molar-refractivity contribution in [2.75, 3.05) is 12.9 Å². The van der Waals surface area contributed by atoms with Crippen LogP contribution in [0.15, 0.2) is 29.2 Å². The topological polar surface area (TPSA) is 43.4 Å². The van der Waals surface area contributed by atoms with E-state index in [9.17, 15) is 9.59 Å². The molecule has 1 fully saturated rings. The summed E-state index contributed by atoms with van der Waals surface area (Å²) in [5.74, 6) is -1.10. The molecule has 0 amide bonds. The molecule has 2 atom stereocenters. The number of ketones is 1. The molecule has 1 aliphatic rings. The number of hydrogen-bond donors (Lipinski definition) is 0. The van der Waals surface area contributed by atoms with E-state index in [1.165, 1.54) is 10.5 Å². The Kier molecular flexibility index (Phi) is 5.24. The number of benzene rings is 1. The molecule has 0 aromatic heterocycles. The summed E-state index contributed by atoms with van der Waals surface area (Å²) in [5, 5.41) is 0. The summed E-state index contributed by atoms with van der Waals surface area (Å²) in [6.45, 7) is 1.98. The fourth-order valence-electron chi connectivity index (χ4n) is 2.97. The monoisotopic (exact) mass is 292 g/mol. The molecule has 20 heavy (non-hydrogen) atoms. The fraction of sp³-hybridized carbons (Fsp3) is 0.500. The molecule has 0 aliphatic heterocycles. The van der Waals surface area contributed by atoms with Crippen LogP contribution in [0.2, 0.25) is 0 Å². The molecule has 4 heteroatoms. The summed E-state index contributed by atoms with van der Waals surface area (Å²) in [7, 11) is 0. The summed E-state index contributed by atoms with van der Waals surface area (Å²) < 4.78 is 4.86. The lowest BCUT2D eigenvalue weighted by molar-refractivity contribution is -0.155. The summed E-state index contributed by atoms with van der Waals surface area (Å²) in [6.07, 6.45) is 4.78. The number of ether oxygens (including phenoxy) is 1. The first kappa shape index (κ1) is 15.1. The van der Waals surface area contributed by atoms with Gasteiger partial charge in [-0.1, -0.05) is 24.6 Å². The fourth-order valence-corrected chi connectivity index (χ4v) is 3.64. The van der Waals surface area contributed by atoms with Gasteiger partial charge >= 0.3 is 5.97 Å². The van der Waals surface area contributed by atoms with Gasteiger partial charge in [-0.15, -0.1) is 11.8 Å². The number of thioether (sulfide) groups is 1. The molecule has 0 saturated heterocycles. The van der Waals surface area contributed by atoms with Crippen LogP contribution in [-0.2, 0) is 14.3 Å². The van der Waals surface area contributed by atoms with E-state index in [0.717, 1.165) is 19.3 Å². The van der Waals surface area contributed by atoms with Crippen LogP contribution in [0.1, 0.15) is 37.7 Å². The van der Waals surface area contributed by atoms with Gasteiger partial charge in [-0.05, 0) is 43.6 Å². The van der Waals surface area contributed by atoms with Gasteiger partial charge in [0, 0.05) is 10.8 Å². The second-order valence-electron chi connectivity index (χ2n) is 4.97. The third-order valence-corrected chi connectivity index (χ3v) is 4.68. The smallest absolute Gasteiger partial charge is 0.374 e. The zero-order valence-electron chi connectivity index (χ0n) is 11.9. The maximum Gasteiger partial charge on any atom is 0.374 e. The van der Waals surface area contributed by atoms with E-state index in [1.54, 1.807) is 18.7 Å². The van der Waals surface area contributed by atoms with Crippen molar-refractivity contribution < 1.29 is 14.3 Å². The average Bonchev–Trinajstić information content (AvgIpc) is 2.95. The molecule has 1 unspecified atom stereocenters. The Balaban J connectivity index is 2.23. The third-order valence-electron chi connectivity index (χ3n) is 3.87. The standard InChI is InChI=1S/C16H20O3S/c1-3-19-16(18)15(17)13-9-6-8-11(13)12-7-4-5-10-14(12)20-2/h4-5,7,10-11,13H,3,6,8-9H2,1-2H3/t11-,13?/m1/s1. The molecule has 1 aromatic rings. The molecule has 3 nitrogen and oxygen atoms in total. The van der Waals surface area contributed by atoms with Crippen molar-refractivity contribution in [1.82, 2.24) is 0 Å². The minimum atomic E-state index is -0.675. The van der Waals surface area contributed by atoms with E-state index in [2.05, 4.69) is 12.1 Å². The van der Waals surface area contributed by atoms with Crippen LogP contribution >= 0.6 is 11.8 Å². The second-order valence-corrected chi connectivity index (χ2v) is 5.82. The number of carbonyl (C=O) groups excluding carboxylic acids is 2. The van der Waals surface area contributed by atoms with Crippen molar-refractivity contribution >= 4 is 23.5 Å². The quantitative estimate of drug-likeness (QED) is 0.474. The van der Waals surface area contributed by atoms with Crippen LogP contribution < -0.4 is 0 Å². The summed E-state index contributed by atoms with van der Waals surface area (Å²) in [5.41, 5.74) is 1.19. The highest BCUT2D eigenvalue weighted by Crippen LogP contribution is 2.43. The lowest BCUT2D eigenvalue weighted by Crippen LogP contribution is -2.27. The van der Waals surface area contributed by atoms with Gasteiger partial charge in [0.2, 0.25) is 5.78 Å². The normalized spacial score (nSPS) is 21.7. The Hall–Kier alpha value is -1.29. The molecular formula is C16H20O3S. The van der Waals surface area contributed by atoms with Crippen LogP contribution in [0, 0.1) is 5.92 Å². The Labute approximate surface area is 124 Å². The predicted molar refractivity (Wildman–Crippen MR) is 79.9 cm³/mol. The van der Waals surface area contributed by atoms with Gasteiger partial charge in [-0.3, -0.25) is 4.79 Å². The summed E-state index contributed by atoms with van der Waals surface area (Å²) in [6, 6.07) is 8.16.